The van der Waals surface area contributed by atoms with Crippen molar-refractivity contribution in [3.8, 4) is 0 Å². The second-order valence-corrected chi connectivity index (χ2v) is 7.55. The third-order valence-corrected chi connectivity index (χ3v) is 5.19. The standard InChI is InChI=1S/C21H21FN2O/c1-14-8-10-16(11-9-14)21-18(22)12-15-6-4-5-7-17(15)24(21)13-20(2,3)19(25)23-21/h4-12H,13H2,1-3H3,(H,23,25). The van der Waals surface area contributed by atoms with Crippen molar-refractivity contribution in [1.82, 2.24) is 5.32 Å². The van der Waals surface area contributed by atoms with Gasteiger partial charge in [-0.3, -0.25) is 4.79 Å². The van der Waals surface area contributed by atoms with E-state index >= 15 is 4.39 Å². The van der Waals surface area contributed by atoms with Gasteiger partial charge in [0.2, 0.25) is 5.91 Å². The number of hydrogen-bond donors (Lipinski definition) is 1. The van der Waals surface area contributed by atoms with Crippen LogP contribution in [0.3, 0.4) is 0 Å². The van der Waals surface area contributed by atoms with Crippen molar-refractivity contribution in [3.05, 3.63) is 71.0 Å². The molecule has 2 aliphatic rings. The third kappa shape index (κ3) is 2.20. The first kappa shape index (κ1) is 15.9. The minimum Gasteiger partial charge on any atom is -0.338 e. The third-order valence-electron chi connectivity index (χ3n) is 5.19. The van der Waals surface area contributed by atoms with Gasteiger partial charge in [-0.1, -0.05) is 48.0 Å². The lowest BCUT2D eigenvalue weighted by Crippen LogP contribution is -2.69. The van der Waals surface area contributed by atoms with Crippen LogP contribution < -0.4 is 10.2 Å². The summed E-state index contributed by atoms with van der Waals surface area (Å²) in [6.07, 6.45) is 1.53. The number of carbonyl (C=O) groups excluding carboxylic acids is 1. The Morgan fingerprint density at radius 1 is 1.08 bits per heavy atom. The monoisotopic (exact) mass is 336 g/mol. The molecule has 1 N–H and O–H groups in total. The highest BCUT2D eigenvalue weighted by molar-refractivity contribution is 5.89. The number of benzene rings is 2. The molecule has 1 saturated heterocycles. The Balaban J connectivity index is 1.98. The van der Waals surface area contributed by atoms with Crippen LogP contribution in [0.5, 0.6) is 0 Å². The molecule has 0 aliphatic carbocycles. The average molecular weight is 336 g/mol. The second-order valence-electron chi connectivity index (χ2n) is 7.55. The Bertz CT molecular complexity index is 885. The van der Waals surface area contributed by atoms with E-state index in [4.69, 9.17) is 0 Å². The van der Waals surface area contributed by atoms with Gasteiger partial charge in [-0.2, -0.15) is 0 Å². The zero-order valence-electron chi connectivity index (χ0n) is 14.6. The van der Waals surface area contributed by atoms with Crippen LogP contribution in [0.25, 0.3) is 6.08 Å². The molecule has 2 aromatic carbocycles. The van der Waals surface area contributed by atoms with E-state index in [1.54, 1.807) is 0 Å². The maximum Gasteiger partial charge on any atom is 0.229 e. The van der Waals surface area contributed by atoms with E-state index in [1.165, 1.54) is 6.08 Å². The van der Waals surface area contributed by atoms with E-state index in [1.807, 2.05) is 74.2 Å². The molecule has 0 saturated carbocycles. The van der Waals surface area contributed by atoms with E-state index < -0.39 is 11.1 Å². The van der Waals surface area contributed by atoms with Gasteiger partial charge >= 0.3 is 0 Å². The van der Waals surface area contributed by atoms with Crippen LogP contribution >= 0.6 is 0 Å². The average Bonchev–Trinajstić information content (AvgIpc) is 2.57. The molecule has 1 unspecified atom stereocenters. The molecule has 1 atom stereocenters. The molecule has 4 rings (SSSR count). The van der Waals surface area contributed by atoms with Crippen LogP contribution in [-0.4, -0.2) is 12.5 Å². The van der Waals surface area contributed by atoms with Crippen molar-refractivity contribution in [2.45, 2.75) is 26.4 Å². The fraction of sp³-hybridized carbons (Fsp3) is 0.286. The first-order valence-electron chi connectivity index (χ1n) is 8.49. The van der Waals surface area contributed by atoms with Crippen molar-refractivity contribution in [1.29, 1.82) is 0 Å². The molecule has 2 aromatic rings. The fourth-order valence-corrected chi connectivity index (χ4v) is 3.70. The quantitative estimate of drug-likeness (QED) is 0.849. The maximum atomic E-state index is 15.5. The summed E-state index contributed by atoms with van der Waals surface area (Å²) in [5.41, 5.74) is 1.68. The Labute approximate surface area is 147 Å². The molecule has 0 bridgehead atoms. The van der Waals surface area contributed by atoms with Crippen molar-refractivity contribution >= 4 is 17.7 Å². The molecule has 128 valence electrons. The van der Waals surface area contributed by atoms with Crippen LogP contribution in [0.15, 0.2) is 54.4 Å². The summed E-state index contributed by atoms with van der Waals surface area (Å²) < 4.78 is 15.5. The second kappa shape index (κ2) is 5.19. The molecule has 25 heavy (non-hydrogen) atoms. The number of rotatable bonds is 1. The number of hydrogen-bond acceptors (Lipinski definition) is 2. The van der Waals surface area contributed by atoms with E-state index in [0.717, 1.165) is 22.4 Å². The number of nitrogens with zero attached hydrogens (tertiary/aromatic N) is 1. The van der Waals surface area contributed by atoms with E-state index in [2.05, 4.69) is 5.32 Å². The van der Waals surface area contributed by atoms with E-state index in [-0.39, 0.29) is 11.7 Å². The number of nitrogens with one attached hydrogen (secondary N) is 1. The number of anilines is 1. The summed E-state index contributed by atoms with van der Waals surface area (Å²) in [6.45, 7) is 6.20. The predicted octanol–water partition coefficient (Wildman–Crippen LogP) is 4.13. The largest absolute Gasteiger partial charge is 0.338 e. The number of aryl methyl sites for hydroxylation is 1. The SMILES string of the molecule is Cc1ccc(C23NC(=O)C(C)(C)CN2c2ccccc2C=C3F)cc1. The summed E-state index contributed by atoms with van der Waals surface area (Å²) >= 11 is 0. The van der Waals surface area contributed by atoms with Gasteiger partial charge < -0.3 is 10.2 Å². The molecule has 2 heterocycles. The number of carbonyl (C=O) groups is 1. The van der Waals surface area contributed by atoms with Crippen molar-refractivity contribution in [3.63, 3.8) is 0 Å². The number of para-hydroxylation sites is 1. The lowest BCUT2D eigenvalue weighted by molar-refractivity contribution is -0.133. The van der Waals surface area contributed by atoms with Crippen molar-refractivity contribution in [2.24, 2.45) is 5.41 Å². The normalized spacial score (nSPS) is 24.1. The Morgan fingerprint density at radius 2 is 1.76 bits per heavy atom. The van der Waals surface area contributed by atoms with Gasteiger partial charge in [0.05, 0.1) is 5.41 Å². The first-order chi connectivity index (χ1) is 11.8. The number of fused-ring (bicyclic) bond motifs is 3. The lowest BCUT2D eigenvalue weighted by Gasteiger charge is -2.54. The highest BCUT2D eigenvalue weighted by Gasteiger charge is 2.54. The molecule has 0 aromatic heterocycles. The Morgan fingerprint density at radius 3 is 2.48 bits per heavy atom. The van der Waals surface area contributed by atoms with E-state index in [9.17, 15) is 4.79 Å². The minimum absolute atomic E-state index is 0.146. The van der Waals surface area contributed by atoms with Crippen LogP contribution in [0.2, 0.25) is 0 Å². The van der Waals surface area contributed by atoms with Gasteiger partial charge in [0.25, 0.3) is 0 Å². The van der Waals surface area contributed by atoms with Gasteiger partial charge in [-0.05, 0) is 32.9 Å². The molecular weight excluding hydrogens is 315 g/mol. The van der Waals surface area contributed by atoms with Gasteiger partial charge in [0, 0.05) is 23.4 Å². The molecule has 1 fully saturated rings. The van der Waals surface area contributed by atoms with Gasteiger partial charge in [-0.25, -0.2) is 4.39 Å². The minimum atomic E-state index is -1.28. The smallest absolute Gasteiger partial charge is 0.229 e. The molecule has 4 heteroatoms. The molecule has 1 amide bonds. The first-order valence-corrected chi connectivity index (χ1v) is 8.49. The molecule has 0 radical (unpaired) electrons. The molecule has 0 spiro atoms. The lowest BCUT2D eigenvalue weighted by atomic mass is 9.80. The molecule has 3 nitrogen and oxygen atoms in total. The van der Waals surface area contributed by atoms with Crippen molar-refractivity contribution in [2.75, 3.05) is 11.4 Å². The summed E-state index contributed by atoms with van der Waals surface area (Å²) in [7, 11) is 0. The zero-order chi connectivity index (χ0) is 17.8. The van der Waals surface area contributed by atoms with Gasteiger partial charge in [-0.15, -0.1) is 0 Å². The highest BCUT2D eigenvalue weighted by Crippen LogP contribution is 2.48. The van der Waals surface area contributed by atoms with Crippen LogP contribution in [0.4, 0.5) is 10.1 Å². The maximum absolute atomic E-state index is 15.5. The Kier molecular flexibility index (Phi) is 3.29. The predicted molar refractivity (Wildman–Crippen MR) is 97.7 cm³/mol. The number of halogens is 1. The topological polar surface area (TPSA) is 32.3 Å². The van der Waals surface area contributed by atoms with Crippen LogP contribution in [0.1, 0.15) is 30.5 Å². The Hall–Kier alpha value is -2.62. The van der Waals surface area contributed by atoms with E-state index in [0.29, 0.717) is 6.54 Å². The summed E-state index contributed by atoms with van der Waals surface area (Å²) in [5.74, 6) is -0.508. The summed E-state index contributed by atoms with van der Waals surface area (Å²) in [6, 6.07) is 15.4. The fourth-order valence-electron chi connectivity index (χ4n) is 3.70. The molecule has 2 aliphatic heterocycles. The van der Waals surface area contributed by atoms with Crippen molar-refractivity contribution < 1.29 is 9.18 Å². The zero-order valence-corrected chi connectivity index (χ0v) is 14.6. The van der Waals surface area contributed by atoms with Crippen LogP contribution in [-0.2, 0) is 10.5 Å². The number of amides is 1. The highest BCUT2D eigenvalue weighted by atomic mass is 19.1. The summed E-state index contributed by atoms with van der Waals surface area (Å²) in [4.78, 5) is 14.7. The molecular formula is C21H21FN2O. The van der Waals surface area contributed by atoms with Crippen LogP contribution in [0, 0.1) is 12.3 Å². The van der Waals surface area contributed by atoms with Gasteiger partial charge in [0.1, 0.15) is 0 Å². The summed E-state index contributed by atoms with van der Waals surface area (Å²) in [5, 5.41) is 2.99. The van der Waals surface area contributed by atoms with Gasteiger partial charge in [0.15, 0.2) is 11.5 Å².